The summed E-state index contributed by atoms with van der Waals surface area (Å²) in [5, 5.41) is 10.6. The van der Waals surface area contributed by atoms with E-state index in [4.69, 9.17) is 0 Å². The zero-order valence-corrected chi connectivity index (χ0v) is 8.39. The van der Waals surface area contributed by atoms with Crippen molar-refractivity contribution in [3.05, 3.63) is 24.2 Å². The molecule has 2 aromatic heterocycles. The molecule has 0 aromatic carbocycles. The van der Waals surface area contributed by atoms with Crippen LogP contribution in [-0.2, 0) is 11.8 Å². The first-order valence-electron chi connectivity index (χ1n) is 4.34. The van der Waals surface area contributed by atoms with Crippen molar-refractivity contribution in [1.82, 2.24) is 20.0 Å². The topological polar surface area (TPSA) is 72.8 Å². The molecule has 1 N–H and O–H groups in total. The number of methoxy groups -OCH3 is 1. The molecule has 78 valence electrons. The van der Waals surface area contributed by atoms with E-state index in [0.29, 0.717) is 0 Å². The van der Waals surface area contributed by atoms with Crippen molar-refractivity contribution >= 4 is 5.97 Å². The Kier molecular flexibility index (Phi) is 2.24. The molecule has 0 radical (unpaired) electrons. The molecule has 6 nitrogen and oxygen atoms in total. The molecule has 2 heterocycles. The zero-order valence-electron chi connectivity index (χ0n) is 8.39. The van der Waals surface area contributed by atoms with Gasteiger partial charge in [0.25, 0.3) is 0 Å². The first kappa shape index (κ1) is 9.45. The maximum absolute atomic E-state index is 11.2. The monoisotopic (exact) mass is 206 g/mol. The SMILES string of the molecule is COC(=O)c1cc(-c2cn[nH]c2)n(C)n1. The molecule has 0 aliphatic heterocycles. The lowest BCUT2D eigenvalue weighted by molar-refractivity contribution is 0.0593. The van der Waals surface area contributed by atoms with Crippen LogP contribution >= 0.6 is 0 Å². The minimum atomic E-state index is -0.444. The van der Waals surface area contributed by atoms with Crippen molar-refractivity contribution in [3.8, 4) is 11.3 Å². The Morgan fingerprint density at radius 3 is 3.00 bits per heavy atom. The molecule has 2 aromatic rings. The lowest BCUT2D eigenvalue weighted by atomic mass is 10.2. The van der Waals surface area contributed by atoms with Crippen molar-refractivity contribution in [3.63, 3.8) is 0 Å². The van der Waals surface area contributed by atoms with Crippen molar-refractivity contribution in [1.29, 1.82) is 0 Å². The minimum absolute atomic E-state index is 0.288. The van der Waals surface area contributed by atoms with Crippen molar-refractivity contribution < 1.29 is 9.53 Å². The number of ether oxygens (including phenoxy) is 1. The summed E-state index contributed by atoms with van der Waals surface area (Å²) in [6.07, 6.45) is 3.40. The van der Waals surface area contributed by atoms with Gasteiger partial charge < -0.3 is 4.74 Å². The van der Waals surface area contributed by atoms with Gasteiger partial charge in [-0.1, -0.05) is 0 Å². The number of esters is 1. The molecule has 0 unspecified atom stereocenters. The van der Waals surface area contributed by atoms with E-state index in [-0.39, 0.29) is 5.69 Å². The second-order valence-corrected chi connectivity index (χ2v) is 3.02. The molecule has 0 aliphatic rings. The molecule has 0 spiro atoms. The summed E-state index contributed by atoms with van der Waals surface area (Å²) in [5.41, 5.74) is 1.97. The first-order chi connectivity index (χ1) is 7.22. The van der Waals surface area contributed by atoms with E-state index in [1.54, 1.807) is 30.2 Å². The molecular formula is C9H10N4O2. The molecule has 0 bridgehead atoms. The van der Waals surface area contributed by atoms with E-state index in [1.165, 1.54) is 7.11 Å². The van der Waals surface area contributed by atoms with Crippen LogP contribution in [0.2, 0.25) is 0 Å². The van der Waals surface area contributed by atoms with Gasteiger partial charge in [-0.15, -0.1) is 0 Å². The van der Waals surface area contributed by atoms with Crippen LogP contribution in [0.1, 0.15) is 10.5 Å². The Morgan fingerprint density at radius 2 is 2.40 bits per heavy atom. The van der Waals surface area contributed by atoms with Crippen LogP contribution in [0, 0.1) is 0 Å². The van der Waals surface area contributed by atoms with Crippen molar-refractivity contribution in [2.45, 2.75) is 0 Å². The van der Waals surface area contributed by atoms with Crippen LogP contribution in [0.5, 0.6) is 0 Å². The smallest absolute Gasteiger partial charge is 0.358 e. The summed E-state index contributed by atoms with van der Waals surface area (Å²) in [6, 6.07) is 1.66. The summed E-state index contributed by atoms with van der Waals surface area (Å²) in [7, 11) is 3.09. The number of aryl methyl sites for hydroxylation is 1. The predicted molar refractivity (Wildman–Crippen MR) is 52.1 cm³/mol. The van der Waals surface area contributed by atoms with Gasteiger partial charge in [-0.05, 0) is 6.07 Å². The number of hydrogen-bond acceptors (Lipinski definition) is 4. The van der Waals surface area contributed by atoms with Crippen LogP contribution in [0.25, 0.3) is 11.3 Å². The van der Waals surface area contributed by atoms with Gasteiger partial charge in [0.15, 0.2) is 5.69 Å². The zero-order chi connectivity index (χ0) is 10.8. The van der Waals surface area contributed by atoms with Gasteiger partial charge in [0.1, 0.15) is 0 Å². The van der Waals surface area contributed by atoms with Gasteiger partial charge in [0.05, 0.1) is 19.0 Å². The second kappa shape index (κ2) is 3.56. The summed E-state index contributed by atoms with van der Waals surface area (Å²) in [5.74, 6) is -0.444. The van der Waals surface area contributed by atoms with Crippen LogP contribution in [0.15, 0.2) is 18.5 Å². The summed E-state index contributed by atoms with van der Waals surface area (Å²) < 4.78 is 6.19. The lowest BCUT2D eigenvalue weighted by Crippen LogP contribution is -2.02. The molecule has 0 fully saturated rings. The fourth-order valence-electron chi connectivity index (χ4n) is 1.33. The third-order valence-electron chi connectivity index (χ3n) is 2.07. The number of aromatic amines is 1. The Bertz CT molecular complexity index is 472. The molecule has 15 heavy (non-hydrogen) atoms. The minimum Gasteiger partial charge on any atom is -0.464 e. The predicted octanol–water partition coefficient (Wildman–Crippen LogP) is 0.597. The van der Waals surface area contributed by atoms with E-state index >= 15 is 0 Å². The number of hydrogen-bond donors (Lipinski definition) is 1. The van der Waals surface area contributed by atoms with Gasteiger partial charge in [-0.25, -0.2) is 4.79 Å². The highest BCUT2D eigenvalue weighted by Crippen LogP contribution is 2.18. The summed E-state index contributed by atoms with van der Waals surface area (Å²) in [4.78, 5) is 11.2. The molecule has 0 saturated heterocycles. The Morgan fingerprint density at radius 1 is 1.60 bits per heavy atom. The van der Waals surface area contributed by atoms with Crippen molar-refractivity contribution in [2.75, 3.05) is 7.11 Å². The highest BCUT2D eigenvalue weighted by molar-refractivity contribution is 5.88. The molecule has 0 amide bonds. The normalized spacial score (nSPS) is 10.3. The van der Waals surface area contributed by atoms with Crippen LogP contribution in [0.4, 0.5) is 0 Å². The van der Waals surface area contributed by atoms with Gasteiger partial charge in [0.2, 0.25) is 0 Å². The van der Waals surface area contributed by atoms with Crippen LogP contribution < -0.4 is 0 Å². The molecule has 6 heteroatoms. The van der Waals surface area contributed by atoms with Crippen LogP contribution in [0.3, 0.4) is 0 Å². The third-order valence-corrected chi connectivity index (χ3v) is 2.07. The number of carbonyl (C=O) groups excluding carboxylic acids is 1. The van der Waals surface area contributed by atoms with E-state index < -0.39 is 5.97 Å². The third kappa shape index (κ3) is 1.61. The second-order valence-electron chi connectivity index (χ2n) is 3.02. The molecule has 0 atom stereocenters. The Labute approximate surface area is 85.9 Å². The maximum Gasteiger partial charge on any atom is 0.358 e. The van der Waals surface area contributed by atoms with Crippen molar-refractivity contribution in [2.24, 2.45) is 7.05 Å². The first-order valence-corrected chi connectivity index (χ1v) is 4.34. The van der Waals surface area contributed by atoms with E-state index in [1.807, 2.05) is 0 Å². The average Bonchev–Trinajstić information content (AvgIpc) is 2.84. The largest absolute Gasteiger partial charge is 0.464 e. The fraction of sp³-hybridized carbons (Fsp3) is 0.222. The number of aromatic nitrogens is 4. The number of H-pyrrole nitrogens is 1. The van der Waals surface area contributed by atoms with E-state index in [0.717, 1.165) is 11.3 Å². The van der Waals surface area contributed by atoms with Gasteiger partial charge in [-0.3, -0.25) is 9.78 Å². The standard InChI is InChI=1S/C9H10N4O2/c1-13-8(6-4-10-11-5-6)3-7(12-13)9(14)15-2/h3-5H,1-2H3,(H,10,11). The van der Waals surface area contributed by atoms with E-state index in [9.17, 15) is 4.79 Å². The number of nitrogens with zero attached hydrogens (tertiary/aromatic N) is 3. The highest BCUT2D eigenvalue weighted by atomic mass is 16.5. The Hall–Kier alpha value is -2.11. The molecular weight excluding hydrogens is 196 g/mol. The highest BCUT2D eigenvalue weighted by Gasteiger charge is 2.14. The van der Waals surface area contributed by atoms with Crippen LogP contribution in [-0.4, -0.2) is 33.1 Å². The Balaban J connectivity index is 2.42. The summed E-state index contributed by atoms with van der Waals surface area (Å²) in [6.45, 7) is 0. The molecule has 0 saturated carbocycles. The van der Waals surface area contributed by atoms with Gasteiger partial charge >= 0.3 is 5.97 Å². The van der Waals surface area contributed by atoms with Gasteiger partial charge in [0, 0.05) is 18.8 Å². The quantitative estimate of drug-likeness (QED) is 0.730. The summed E-state index contributed by atoms with van der Waals surface area (Å²) >= 11 is 0. The molecule has 2 rings (SSSR count). The lowest BCUT2D eigenvalue weighted by Gasteiger charge is -1.94. The number of nitrogens with one attached hydrogen (secondary N) is 1. The van der Waals surface area contributed by atoms with Gasteiger partial charge in [-0.2, -0.15) is 10.2 Å². The molecule has 0 aliphatic carbocycles. The van der Waals surface area contributed by atoms with E-state index in [2.05, 4.69) is 20.0 Å². The average molecular weight is 206 g/mol. The number of carbonyl (C=O) groups is 1. The number of rotatable bonds is 2. The fourth-order valence-corrected chi connectivity index (χ4v) is 1.33. The maximum atomic E-state index is 11.2.